The van der Waals surface area contributed by atoms with Crippen molar-refractivity contribution < 1.29 is 20.1 Å². The number of aliphatic hydroxyl groups excluding tert-OH is 2. The van der Waals surface area contributed by atoms with Crippen molar-refractivity contribution in [2.45, 2.75) is 37.6 Å². The molecular weight excluding hydrogens is 338 g/mol. The van der Waals surface area contributed by atoms with Crippen LogP contribution in [-0.4, -0.2) is 54.9 Å². The number of para-hydroxylation sites is 1. The Morgan fingerprint density at radius 3 is 2.85 bits per heavy atom. The van der Waals surface area contributed by atoms with E-state index < -0.39 is 24.6 Å². The Hall–Kier alpha value is -2.46. The van der Waals surface area contributed by atoms with Crippen LogP contribution in [0.15, 0.2) is 35.6 Å². The molecule has 0 amide bonds. The summed E-state index contributed by atoms with van der Waals surface area (Å²) in [5, 5.41) is 29.1. The molecule has 1 aromatic heterocycles. The van der Waals surface area contributed by atoms with Crippen LogP contribution in [-0.2, 0) is 11.3 Å². The smallest absolute Gasteiger partial charge is 0.162 e. The zero-order chi connectivity index (χ0) is 18.3. The summed E-state index contributed by atoms with van der Waals surface area (Å²) in [5.74, 6) is 0.773. The highest BCUT2D eigenvalue weighted by atomic mass is 16.5. The SMILES string of the molecule is NC1c2ncn([C@H]3C[C@H](O)[C@@H](CO)O3)c2N=CN1Cc1ccccc1O. The molecule has 1 unspecified atom stereocenters. The van der Waals surface area contributed by atoms with Crippen LogP contribution in [0.2, 0.25) is 0 Å². The molecule has 4 rings (SSSR count). The fraction of sp³-hybridized carbons (Fsp3) is 0.412. The fourth-order valence-electron chi connectivity index (χ4n) is 3.31. The van der Waals surface area contributed by atoms with E-state index in [0.29, 0.717) is 24.5 Å². The van der Waals surface area contributed by atoms with Gasteiger partial charge < -0.3 is 30.7 Å². The normalized spacial score (nSPS) is 27.7. The van der Waals surface area contributed by atoms with E-state index in [2.05, 4.69) is 9.98 Å². The van der Waals surface area contributed by atoms with Gasteiger partial charge in [-0.3, -0.25) is 4.57 Å². The minimum atomic E-state index is -0.734. The number of fused-ring (bicyclic) bond motifs is 1. The lowest BCUT2D eigenvalue weighted by Crippen LogP contribution is -2.35. The number of nitrogens with two attached hydrogens (primary N) is 1. The Morgan fingerprint density at radius 1 is 1.31 bits per heavy atom. The monoisotopic (exact) mass is 359 g/mol. The molecule has 1 saturated heterocycles. The van der Waals surface area contributed by atoms with E-state index >= 15 is 0 Å². The number of hydrogen-bond acceptors (Lipinski definition) is 8. The van der Waals surface area contributed by atoms with Gasteiger partial charge in [0.1, 0.15) is 29.9 Å². The Labute approximate surface area is 150 Å². The number of aliphatic hydroxyl groups is 2. The lowest BCUT2D eigenvalue weighted by molar-refractivity contribution is -0.0438. The van der Waals surface area contributed by atoms with Gasteiger partial charge in [-0.1, -0.05) is 18.2 Å². The first-order valence-electron chi connectivity index (χ1n) is 8.42. The molecule has 0 saturated carbocycles. The summed E-state index contributed by atoms with van der Waals surface area (Å²) in [6.45, 7) is 0.153. The maximum absolute atomic E-state index is 9.95. The number of ether oxygens (including phenoxy) is 1. The largest absolute Gasteiger partial charge is 0.508 e. The fourth-order valence-corrected chi connectivity index (χ4v) is 3.31. The molecule has 9 heteroatoms. The average molecular weight is 359 g/mol. The molecule has 0 aliphatic carbocycles. The molecular formula is C17H21N5O4. The summed E-state index contributed by atoms with van der Waals surface area (Å²) in [5.41, 5.74) is 7.66. The third-order valence-electron chi connectivity index (χ3n) is 4.80. The van der Waals surface area contributed by atoms with Gasteiger partial charge >= 0.3 is 0 Å². The van der Waals surface area contributed by atoms with Gasteiger partial charge in [-0.2, -0.15) is 0 Å². The van der Waals surface area contributed by atoms with E-state index in [9.17, 15) is 15.3 Å². The molecule has 2 aliphatic rings. The van der Waals surface area contributed by atoms with E-state index in [1.165, 1.54) is 0 Å². The molecule has 0 bridgehead atoms. The molecule has 1 aromatic carbocycles. The number of nitrogens with zero attached hydrogens (tertiary/aromatic N) is 4. The first-order chi connectivity index (χ1) is 12.6. The average Bonchev–Trinajstić information content (AvgIpc) is 3.22. The zero-order valence-corrected chi connectivity index (χ0v) is 14.0. The summed E-state index contributed by atoms with van der Waals surface area (Å²) >= 11 is 0. The van der Waals surface area contributed by atoms with Gasteiger partial charge in [-0.15, -0.1) is 0 Å². The molecule has 9 nitrogen and oxygen atoms in total. The summed E-state index contributed by atoms with van der Waals surface area (Å²) in [6.07, 6.45) is 1.23. The van der Waals surface area contributed by atoms with Gasteiger partial charge in [0.05, 0.1) is 25.4 Å². The molecule has 26 heavy (non-hydrogen) atoms. The van der Waals surface area contributed by atoms with Gasteiger partial charge in [0, 0.05) is 18.5 Å². The number of imidazole rings is 1. The molecule has 3 heterocycles. The highest BCUT2D eigenvalue weighted by molar-refractivity contribution is 5.65. The third kappa shape index (κ3) is 2.84. The van der Waals surface area contributed by atoms with Gasteiger partial charge in [0.2, 0.25) is 0 Å². The first kappa shape index (κ1) is 17.0. The van der Waals surface area contributed by atoms with Crippen molar-refractivity contribution in [2.75, 3.05) is 6.61 Å². The van der Waals surface area contributed by atoms with Crippen molar-refractivity contribution in [3.63, 3.8) is 0 Å². The molecule has 2 aromatic rings. The Balaban J connectivity index is 1.56. The van der Waals surface area contributed by atoms with Crippen LogP contribution in [0.4, 0.5) is 5.82 Å². The molecule has 2 aliphatic heterocycles. The predicted octanol–water partition coefficient (Wildman–Crippen LogP) is 0.362. The highest BCUT2D eigenvalue weighted by Crippen LogP contribution is 2.37. The van der Waals surface area contributed by atoms with Crippen molar-refractivity contribution in [3.8, 4) is 5.75 Å². The van der Waals surface area contributed by atoms with E-state index in [0.717, 1.165) is 5.56 Å². The number of aromatic hydroxyl groups is 1. The Kier molecular flexibility index (Phi) is 4.37. The standard InChI is InChI=1S/C17H21N5O4/c18-16-15-17(20-8-21(16)6-10-3-1-2-4-11(10)24)22(9-19-15)14-5-12(25)13(7-23)26-14/h1-4,8-9,12-14,16,23-25H,5-7,18H2/t12-,13+,14+,16?/m0/s1. The number of phenolic OH excluding ortho intramolecular Hbond substituents is 1. The zero-order valence-electron chi connectivity index (χ0n) is 14.0. The van der Waals surface area contributed by atoms with Crippen LogP contribution in [0.3, 0.4) is 0 Å². The van der Waals surface area contributed by atoms with E-state index in [4.69, 9.17) is 10.5 Å². The van der Waals surface area contributed by atoms with Crippen LogP contribution in [0.25, 0.3) is 0 Å². The van der Waals surface area contributed by atoms with Crippen LogP contribution in [0, 0.1) is 0 Å². The second-order valence-electron chi connectivity index (χ2n) is 6.47. The number of aliphatic imine (C=N–C) groups is 1. The molecule has 0 radical (unpaired) electrons. The highest BCUT2D eigenvalue weighted by Gasteiger charge is 2.37. The van der Waals surface area contributed by atoms with E-state index in [-0.39, 0.29) is 12.4 Å². The number of aromatic nitrogens is 2. The van der Waals surface area contributed by atoms with Crippen molar-refractivity contribution in [3.05, 3.63) is 41.9 Å². The first-order valence-corrected chi connectivity index (χ1v) is 8.42. The third-order valence-corrected chi connectivity index (χ3v) is 4.80. The summed E-state index contributed by atoms with van der Waals surface area (Å²) in [6, 6.07) is 7.07. The minimum Gasteiger partial charge on any atom is -0.508 e. The molecule has 5 N–H and O–H groups in total. The van der Waals surface area contributed by atoms with Crippen molar-refractivity contribution in [2.24, 2.45) is 10.7 Å². The topological polar surface area (TPSA) is 129 Å². The van der Waals surface area contributed by atoms with E-state index in [1.807, 2.05) is 12.1 Å². The van der Waals surface area contributed by atoms with Crippen LogP contribution >= 0.6 is 0 Å². The maximum atomic E-state index is 9.95. The number of benzene rings is 1. The number of hydrogen-bond donors (Lipinski definition) is 4. The Bertz CT molecular complexity index is 823. The number of rotatable bonds is 4. The second kappa shape index (κ2) is 6.69. The summed E-state index contributed by atoms with van der Waals surface area (Å²) in [4.78, 5) is 10.6. The quantitative estimate of drug-likeness (QED) is 0.620. The van der Waals surface area contributed by atoms with Gasteiger partial charge in [0.15, 0.2) is 5.82 Å². The Morgan fingerprint density at radius 2 is 2.12 bits per heavy atom. The summed E-state index contributed by atoms with van der Waals surface area (Å²) < 4.78 is 7.39. The van der Waals surface area contributed by atoms with Crippen LogP contribution in [0.5, 0.6) is 5.75 Å². The molecule has 4 atom stereocenters. The maximum Gasteiger partial charge on any atom is 0.162 e. The lowest BCUT2D eigenvalue weighted by atomic mass is 10.1. The van der Waals surface area contributed by atoms with Gasteiger partial charge in [-0.25, -0.2) is 9.98 Å². The molecule has 0 spiro atoms. The van der Waals surface area contributed by atoms with Crippen LogP contribution < -0.4 is 5.73 Å². The second-order valence-corrected chi connectivity index (χ2v) is 6.47. The van der Waals surface area contributed by atoms with Crippen molar-refractivity contribution >= 4 is 12.2 Å². The lowest BCUT2D eigenvalue weighted by Gasteiger charge is -2.29. The van der Waals surface area contributed by atoms with Crippen LogP contribution in [0.1, 0.15) is 30.1 Å². The molecule has 1 fully saturated rings. The summed E-state index contributed by atoms with van der Waals surface area (Å²) in [7, 11) is 0. The van der Waals surface area contributed by atoms with E-state index in [1.54, 1.807) is 34.3 Å². The van der Waals surface area contributed by atoms with Gasteiger partial charge in [0.25, 0.3) is 0 Å². The van der Waals surface area contributed by atoms with Crippen molar-refractivity contribution in [1.82, 2.24) is 14.5 Å². The predicted molar refractivity (Wildman–Crippen MR) is 92.6 cm³/mol. The van der Waals surface area contributed by atoms with Crippen molar-refractivity contribution in [1.29, 1.82) is 0 Å². The molecule has 138 valence electrons. The van der Waals surface area contributed by atoms with Gasteiger partial charge in [-0.05, 0) is 6.07 Å². The minimum absolute atomic E-state index is 0.202. The number of phenols is 1.